The van der Waals surface area contributed by atoms with Crippen molar-refractivity contribution >= 4 is 0 Å². The molecular weight excluding hydrogens is 256 g/mol. The van der Waals surface area contributed by atoms with Gasteiger partial charge in [0.05, 0.1) is 13.7 Å². The second kappa shape index (κ2) is 5.92. The van der Waals surface area contributed by atoms with Crippen molar-refractivity contribution < 1.29 is 4.74 Å². The summed E-state index contributed by atoms with van der Waals surface area (Å²) in [7, 11) is 5.22. The number of ether oxygens (including phenoxy) is 1. The standard InChI is InChI=1S/C14H20N4O2/c1-10(15-2)11-5-6-13(20-4)12(7-11)8-18-14(19)17(3)9-16-18/h5-7,9-10,15H,8H2,1-4H3. The highest BCUT2D eigenvalue weighted by Gasteiger charge is 2.11. The van der Waals surface area contributed by atoms with Gasteiger partial charge in [-0.25, -0.2) is 9.48 Å². The van der Waals surface area contributed by atoms with E-state index in [0.717, 1.165) is 16.9 Å². The summed E-state index contributed by atoms with van der Waals surface area (Å²) in [5.74, 6) is 0.759. The lowest BCUT2D eigenvalue weighted by Gasteiger charge is -2.14. The number of hydrogen-bond donors (Lipinski definition) is 1. The van der Waals surface area contributed by atoms with Gasteiger partial charge in [0.2, 0.25) is 0 Å². The molecule has 0 aliphatic rings. The van der Waals surface area contributed by atoms with Gasteiger partial charge in [-0.15, -0.1) is 0 Å². The summed E-state index contributed by atoms with van der Waals surface area (Å²) in [6.45, 7) is 2.48. The van der Waals surface area contributed by atoms with Gasteiger partial charge in [-0.05, 0) is 31.7 Å². The van der Waals surface area contributed by atoms with Gasteiger partial charge in [-0.3, -0.25) is 4.57 Å². The molecule has 6 nitrogen and oxygen atoms in total. The number of benzene rings is 1. The van der Waals surface area contributed by atoms with Gasteiger partial charge >= 0.3 is 5.69 Å². The molecule has 1 atom stereocenters. The van der Waals surface area contributed by atoms with E-state index in [1.54, 1.807) is 14.2 Å². The number of aryl methyl sites for hydroxylation is 1. The van der Waals surface area contributed by atoms with Gasteiger partial charge in [-0.2, -0.15) is 5.10 Å². The molecule has 0 aliphatic heterocycles. The summed E-state index contributed by atoms with van der Waals surface area (Å²) in [6, 6.07) is 6.22. The van der Waals surface area contributed by atoms with Crippen LogP contribution in [0.25, 0.3) is 0 Å². The summed E-state index contributed by atoms with van der Waals surface area (Å²) in [6.07, 6.45) is 1.51. The molecule has 1 unspecified atom stereocenters. The Morgan fingerprint density at radius 1 is 1.45 bits per heavy atom. The van der Waals surface area contributed by atoms with Crippen LogP contribution in [-0.4, -0.2) is 28.5 Å². The van der Waals surface area contributed by atoms with Crippen LogP contribution in [0.3, 0.4) is 0 Å². The first-order valence-electron chi connectivity index (χ1n) is 6.49. The number of methoxy groups -OCH3 is 1. The molecule has 20 heavy (non-hydrogen) atoms. The first kappa shape index (κ1) is 14.3. The van der Waals surface area contributed by atoms with E-state index in [0.29, 0.717) is 6.54 Å². The van der Waals surface area contributed by atoms with E-state index in [9.17, 15) is 4.79 Å². The van der Waals surface area contributed by atoms with Crippen LogP contribution in [-0.2, 0) is 13.6 Å². The van der Waals surface area contributed by atoms with Crippen molar-refractivity contribution in [2.45, 2.75) is 19.5 Å². The Kier molecular flexibility index (Phi) is 4.24. The smallest absolute Gasteiger partial charge is 0.345 e. The average molecular weight is 276 g/mol. The fraction of sp³-hybridized carbons (Fsp3) is 0.429. The summed E-state index contributed by atoms with van der Waals surface area (Å²) >= 11 is 0. The Hall–Kier alpha value is -2.08. The SMILES string of the molecule is CNC(C)c1ccc(OC)c(Cn2ncn(C)c2=O)c1. The molecule has 1 aromatic heterocycles. The first-order chi connectivity index (χ1) is 9.56. The Balaban J connectivity index is 2.38. The van der Waals surface area contributed by atoms with E-state index in [1.165, 1.54) is 15.6 Å². The molecule has 1 aromatic carbocycles. The van der Waals surface area contributed by atoms with Gasteiger partial charge in [0.1, 0.15) is 12.1 Å². The molecule has 6 heteroatoms. The normalized spacial score (nSPS) is 12.4. The highest BCUT2D eigenvalue weighted by atomic mass is 16.5. The zero-order chi connectivity index (χ0) is 14.7. The Morgan fingerprint density at radius 2 is 2.20 bits per heavy atom. The number of aromatic nitrogens is 3. The van der Waals surface area contributed by atoms with E-state index < -0.39 is 0 Å². The lowest BCUT2D eigenvalue weighted by Crippen LogP contribution is -2.23. The third kappa shape index (κ3) is 2.75. The van der Waals surface area contributed by atoms with Crippen molar-refractivity contribution in [3.8, 4) is 5.75 Å². The maximum absolute atomic E-state index is 11.9. The van der Waals surface area contributed by atoms with Gasteiger partial charge in [0, 0.05) is 18.7 Å². The predicted molar refractivity (Wildman–Crippen MR) is 77.0 cm³/mol. The molecule has 0 aliphatic carbocycles. The lowest BCUT2D eigenvalue weighted by molar-refractivity contribution is 0.406. The van der Waals surface area contributed by atoms with Crippen molar-refractivity contribution in [1.82, 2.24) is 19.7 Å². The summed E-state index contributed by atoms with van der Waals surface area (Å²) < 4.78 is 8.24. The van der Waals surface area contributed by atoms with E-state index in [4.69, 9.17) is 4.74 Å². The summed E-state index contributed by atoms with van der Waals surface area (Å²) in [5, 5.41) is 7.27. The zero-order valence-corrected chi connectivity index (χ0v) is 12.3. The molecule has 1 N–H and O–H groups in total. The van der Waals surface area contributed by atoms with Gasteiger partial charge in [0.15, 0.2) is 0 Å². The maximum atomic E-state index is 11.9. The first-order valence-corrected chi connectivity index (χ1v) is 6.49. The van der Waals surface area contributed by atoms with Crippen LogP contribution >= 0.6 is 0 Å². The minimum Gasteiger partial charge on any atom is -0.496 e. The fourth-order valence-corrected chi connectivity index (χ4v) is 2.05. The second-order valence-electron chi connectivity index (χ2n) is 4.76. The van der Waals surface area contributed by atoms with Gasteiger partial charge in [-0.1, -0.05) is 6.07 Å². The summed E-state index contributed by atoms with van der Waals surface area (Å²) in [5.41, 5.74) is 1.94. The highest BCUT2D eigenvalue weighted by Crippen LogP contribution is 2.23. The monoisotopic (exact) mass is 276 g/mol. The highest BCUT2D eigenvalue weighted by molar-refractivity contribution is 5.38. The minimum atomic E-state index is -0.140. The molecule has 0 bridgehead atoms. The minimum absolute atomic E-state index is 0.140. The molecule has 2 aromatic rings. The Labute approximate surface area is 118 Å². The largest absolute Gasteiger partial charge is 0.496 e. The van der Waals surface area contributed by atoms with E-state index in [-0.39, 0.29) is 11.7 Å². The van der Waals surface area contributed by atoms with Crippen LogP contribution in [0.15, 0.2) is 29.3 Å². The third-order valence-corrected chi connectivity index (χ3v) is 3.44. The lowest BCUT2D eigenvalue weighted by atomic mass is 10.0. The van der Waals surface area contributed by atoms with E-state index >= 15 is 0 Å². The zero-order valence-electron chi connectivity index (χ0n) is 12.3. The molecule has 2 rings (SSSR count). The van der Waals surface area contributed by atoms with Crippen molar-refractivity contribution in [2.75, 3.05) is 14.2 Å². The quantitative estimate of drug-likeness (QED) is 0.882. The molecule has 1 heterocycles. The molecule has 0 saturated heterocycles. The van der Waals surface area contributed by atoms with Crippen LogP contribution in [0.4, 0.5) is 0 Å². The Morgan fingerprint density at radius 3 is 2.75 bits per heavy atom. The molecule has 0 spiro atoms. The molecule has 108 valence electrons. The number of rotatable bonds is 5. The molecule has 0 fully saturated rings. The summed E-state index contributed by atoms with van der Waals surface area (Å²) in [4.78, 5) is 11.9. The second-order valence-corrected chi connectivity index (χ2v) is 4.76. The van der Waals surface area contributed by atoms with Gasteiger partial charge < -0.3 is 10.1 Å². The Bertz CT molecular complexity index is 645. The molecule has 0 radical (unpaired) electrons. The average Bonchev–Trinajstić information content (AvgIpc) is 2.78. The van der Waals surface area contributed by atoms with Crippen LogP contribution < -0.4 is 15.7 Å². The molecular formula is C14H20N4O2. The van der Waals surface area contributed by atoms with Crippen LogP contribution in [0.2, 0.25) is 0 Å². The number of nitrogens with one attached hydrogen (secondary N) is 1. The molecule has 0 amide bonds. The van der Waals surface area contributed by atoms with Crippen molar-refractivity contribution in [3.05, 3.63) is 46.1 Å². The van der Waals surface area contributed by atoms with Crippen LogP contribution in [0, 0.1) is 0 Å². The van der Waals surface area contributed by atoms with E-state index in [1.807, 2.05) is 25.2 Å². The molecule has 0 saturated carbocycles. The fourth-order valence-electron chi connectivity index (χ4n) is 2.05. The van der Waals surface area contributed by atoms with Crippen LogP contribution in [0.5, 0.6) is 5.75 Å². The topological polar surface area (TPSA) is 61.1 Å². The number of nitrogens with zero attached hydrogens (tertiary/aromatic N) is 3. The third-order valence-electron chi connectivity index (χ3n) is 3.44. The van der Waals surface area contributed by atoms with E-state index in [2.05, 4.69) is 17.3 Å². The van der Waals surface area contributed by atoms with Gasteiger partial charge in [0.25, 0.3) is 0 Å². The van der Waals surface area contributed by atoms with Crippen LogP contribution in [0.1, 0.15) is 24.1 Å². The van der Waals surface area contributed by atoms with Crippen molar-refractivity contribution in [1.29, 1.82) is 0 Å². The number of hydrogen-bond acceptors (Lipinski definition) is 4. The van der Waals surface area contributed by atoms with Crippen molar-refractivity contribution in [3.63, 3.8) is 0 Å². The maximum Gasteiger partial charge on any atom is 0.345 e. The van der Waals surface area contributed by atoms with Crippen molar-refractivity contribution in [2.24, 2.45) is 7.05 Å². The predicted octanol–water partition coefficient (Wildman–Crippen LogP) is 0.919.